The quantitative estimate of drug-likeness (QED) is 0.712. The summed E-state index contributed by atoms with van der Waals surface area (Å²) in [6, 6.07) is 13.8. The van der Waals surface area contributed by atoms with Crippen LogP contribution in [-0.4, -0.2) is 16.7 Å². The molecule has 0 amide bonds. The Hall–Kier alpha value is -1.78. The second-order valence-electron chi connectivity index (χ2n) is 4.84. The third-order valence-electron chi connectivity index (χ3n) is 3.50. The smallest absolute Gasteiger partial charge is 0.178 e. The fraction of sp³-hybridized carbons (Fsp3) is 0.188. The number of hydrogen-bond acceptors (Lipinski definition) is 2. The van der Waals surface area contributed by atoms with E-state index >= 15 is 0 Å². The predicted octanol–water partition coefficient (Wildman–Crippen LogP) is 4.60. The number of imidazole rings is 1. The number of methoxy groups -OCH3 is 1. The van der Waals surface area contributed by atoms with Gasteiger partial charge in [-0.2, -0.15) is 0 Å². The first kappa shape index (κ1) is 14.2. The predicted molar refractivity (Wildman–Crippen MR) is 88.8 cm³/mol. The number of nitrogens with one attached hydrogen (secondary N) is 1. The lowest BCUT2D eigenvalue weighted by molar-refractivity contribution is 0.414. The molecule has 1 heterocycles. The average Bonchev–Trinajstić information content (AvgIpc) is 2.80. The molecule has 0 saturated heterocycles. The monoisotopic (exact) mass is 318 g/mol. The van der Waals surface area contributed by atoms with E-state index in [4.69, 9.17) is 28.6 Å². The van der Waals surface area contributed by atoms with Gasteiger partial charge in [0.25, 0.3) is 0 Å². The lowest BCUT2D eigenvalue weighted by Gasteiger charge is -2.07. The van der Waals surface area contributed by atoms with E-state index in [1.807, 2.05) is 36.4 Å². The molecule has 0 aliphatic heterocycles. The molecular formula is C16H15ClN2OS. The number of ether oxygens (including phenoxy) is 1. The topological polar surface area (TPSA) is 29.9 Å². The van der Waals surface area contributed by atoms with Gasteiger partial charge in [-0.3, -0.25) is 0 Å². The zero-order chi connectivity index (χ0) is 14.8. The molecule has 0 saturated carbocycles. The molecule has 3 rings (SSSR count). The summed E-state index contributed by atoms with van der Waals surface area (Å²) >= 11 is 11.5. The number of benzene rings is 2. The minimum atomic E-state index is 0.714. The van der Waals surface area contributed by atoms with Crippen molar-refractivity contribution < 1.29 is 4.74 Å². The summed E-state index contributed by atoms with van der Waals surface area (Å²) in [6.45, 7) is 0.798. The van der Waals surface area contributed by atoms with Crippen molar-refractivity contribution in [1.82, 2.24) is 9.55 Å². The van der Waals surface area contributed by atoms with E-state index in [1.165, 1.54) is 5.56 Å². The second-order valence-corrected chi connectivity index (χ2v) is 5.67. The van der Waals surface area contributed by atoms with E-state index in [0.717, 1.165) is 34.5 Å². The SMILES string of the molecule is COc1cccc(CCn2c(=S)[nH]c3ccc(Cl)cc32)c1. The molecular weight excluding hydrogens is 304 g/mol. The van der Waals surface area contributed by atoms with E-state index in [1.54, 1.807) is 7.11 Å². The summed E-state index contributed by atoms with van der Waals surface area (Å²) < 4.78 is 8.05. The Balaban J connectivity index is 1.89. The minimum absolute atomic E-state index is 0.714. The highest BCUT2D eigenvalue weighted by atomic mass is 35.5. The number of aryl methyl sites for hydroxylation is 2. The number of rotatable bonds is 4. The molecule has 3 nitrogen and oxygen atoms in total. The second kappa shape index (κ2) is 5.92. The minimum Gasteiger partial charge on any atom is -0.497 e. The molecule has 0 radical (unpaired) electrons. The van der Waals surface area contributed by atoms with Crippen molar-refractivity contribution in [2.45, 2.75) is 13.0 Å². The van der Waals surface area contributed by atoms with E-state index in [0.29, 0.717) is 5.02 Å². The number of H-pyrrole nitrogens is 1. The highest BCUT2D eigenvalue weighted by Crippen LogP contribution is 2.20. The van der Waals surface area contributed by atoms with Crippen LogP contribution in [0.3, 0.4) is 0 Å². The zero-order valence-corrected chi connectivity index (χ0v) is 13.2. The van der Waals surface area contributed by atoms with Gasteiger partial charge in [0.1, 0.15) is 5.75 Å². The molecule has 0 spiro atoms. The first-order valence-corrected chi connectivity index (χ1v) is 7.47. The number of fused-ring (bicyclic) bond motifs is 1. The molecule has 5 heteroatoms. The van der Waals surface area contributed by atoms with Gasteiger partial charge in [0.15, 0.2) is 4.77 Å². The third-order valence-corrected chi connectivity index (χ3v) is 4.05. The van der Waals surface area contributed by atoms with Crippen molar-refractivity contribution in [3.63, 3.8) is 0 Å². The van der Waals surface area contributed by atoms with Crippen molar-refractivity contribution >= 4 is 34.9 Å². The maximum atomic E-state index is 6.08. The van der Waals surface area contributed by atoms with Crippen molar-refractivity contribution in [2.24, 2.45) is 0 Å². The van der Waals surface area contributed by atoms with E-state index in [2.05, 4.69) is 15.6 Å². The Kier molecular flexibility index (Phi) is 3.99. The molecule has 0 aliphatic carbocycles. The summed E-state index contributed by atoms with van der Waals surface area (Å²) in [6.07, 6.45) is 0.880. The molecule has 0 atom stereocenters. The summed E-state index contributed by atoms with van der Waals surface area (Å²) in [5, 5.41) is 0.714. The van der Waals surface area contributed by atoms with Gasteiger partial charge in [-0.05, 0) is 54.5 Å². The summed E-state index contributed by atoms with van der Waals surface area (Å²) in [4.78, 5) is 3.21. The number of hydrogen-bond donors (Lipinski definition) is 1. The molecule has 0 unspecified atom stereocenters. The Bertz CT molecular complexity index is 838. The molecule has 21 heavy (non-hydrogen) atoms. The Morgan fingerprint density at radius 2 is 2.10 bits per heavy atom. The van der Waals surface area contributed by atoms with Crippen LogP contribution >= 0.6 is 23.8 Å². The molecule has 1 aromatic heterocycles. The van der Waals surface area contributed by atoms with Crippen molar-refractivity contribution in [2.75, 3.05) is 7.11 Å². The molecule has 0 bridgehead atoms. The van der Waals surface area contributed by atoms with Gasteiger partial charge in [0.05, 0.1) is 18.1 Å². The molecule has 0 aliphatic rings. The summed E-state index contributed by atoms with van der Waals surface area (Å²) in [5.74, 6) is 0.873. The largest absolute Gasteiger partial charge is 0.497 e. The average molecular weight is 319 g/mol. The van der Waals surface area contributed by atoms with Crippen molar-refractivity contribution in [1.29, 1.82) is 0 Å². The molecule has 0 fully saturated rings. The maximum Gasteiger partial charge on any atom is 0.178 e. The first-order chi connectivity index (χ1) is 10.2. The Labute approximate surface area is 133 Å². The van der Waals surface area contributed by atoms with Crippen LogP contribution in [0.1, 0.15) is 5.56 Å². The molecule has 1 N–H and O–H groups in total. The van der Waals surface area contributed by atoms with Crippen LogP contribution in [0, 0.1) is 4.77 Å². The summed E-state index contributed by atoms with van der Waals surface area (Å²) in [5.41, 5.74) is 3.26. The number of aromatic nitrogens is 2. The number of aromatic amines is 1. The number of nitrogens with zero attached hydrogens (tertiary/aromatic N) is 1. The van der Waals surface area contributed by atoms with E-state index < -0.39 is 0 Å². The van der Waals surface area contributed by atoms with Crippen LogP contribution < -0.4 is 4.74 Å². The summed E-state index contributed by atoms with van der Waals surface area (Å²) in [7, 11) is 1.68. The number of halogens is 1. The van der Waals surface area contributed by atoms with Gasteiger partial charge < -0.3 is 14.3 Å². The maximum absolute atomic E-state index is 6.08. The highest BCUT2D eigenvalue weighted by molar-refractivity contribution is 7.71. The molecule has 108 valence electrons. The molecule has 2 aromatic carbocycles. The van der Waals surface area contributed by atoms with E-state index in [-0.39, 0.29) is 0 Å². The highest BCUT2D eigenvalue weighted by Gasteiger charge is 2.05. The van der Waals surface area contributed by atoms with Crippen LogP contribution in [0.25, 0.3) is 11.0 Å². The third kappa shape index (κ3) is 2.96. The molecule has 3 aromatic rings. The van der Waals surface area contributed by atoms with Crippen molar-refractivity contribution in [3.05, 3.63) is 57.8 Å². The van der Waals surface area contributed by atoms with Gasteiger partial charge in [-0.1, -0.05) is 23.7 Å². The van der Waals surface area contributed by atoms with Gasteiger partial charge in [0.2, 0.25) is 0 Å². The van der Waals surface area contributed by atoms with Crippen molar-refractivity contribution in [3.8, 4) is 5.75 Å². The van der Waals surface area contributed by atoms with Crippen LogP contribution in [0.15, 0.2) is 42.5 Å². The van der Waals surface area contributed by atoms with Gasteiger partial charge >= 0.3 is 0 Å². The lowest BCUT2D eigenvalue weighted by atomic mass is 10.1. The van der Waals surface area contributed by atoms with Crippen LogP contribution in [0.4, 0.5) is 0 Å². The van der Waals surface area contributed by atoms with Gasteiger partial charge in [-0.15, -0.1) is 0 Å². The fourth-order valence-corrected chi connectivity index (χ4v) is 2.88. The normalized spacial score (nSPS) is 11.0. The zero-order valence-electron chi connectivity index (χ0n) is 11.6. The standard InChI is InChI=1S/C16H15ClN2OS/c1-20-13-4-2-3-11(9-13)7-8-19-15-10-12(17)5-6-14(15)18-16(19)21/h2-6,9-10H,7-8H2,1H3,(H,18,21). The van der Waals surface area contributed by atoms with Crippen LogP contribution in [0.2, 0.25) is 5.02 Å². The Morgan fingerprint density at radius 1 is 1.24 bits per heavy atom. The Morgan fingerprint density at radius 3 is 2.90 bits per heavy atom. The fourth-order valence-electron chi connectivity index (χ4n) is 2.42. The van der Waals surface area contributed by atoms with Gasteiger partial charge in [0, 0.05) is 11.6 Å². The van der Waals surface area contributed by atoms with Crippen LogP contribution in [0.5, 0.6) is 5.75 Å². The van der Waals surface area contributed by atoms with Crippen LogP contribution in [-0.2, 0) is 13.0 Å². The first-order valence-electron chi connectivity index (χ1n) is 6.68. The lowest BCUT2D eigenvalue weighted by Crippen LogP contribution is -2.01. The van der Waals surface area contributed by atoms with E-state index in [9.17, 15) is 0 Å². The van der Waals surface area contributed by atoms with Gasteiger partial charge in [-0.25, -0.2) is 0 Å².